The minimum Gasteiger partial charge on any atom is -0.355 e. The standard InChI is InChI=1S/C13H8BrClN2/c14-10-2-1-3-11(6-10)17-12-5-4-9(8-16)13(15)7-12/h1-7,17H. The van der Waals surface area contributed by atoms with Gasteiger partial charge in [0.25, 0.3) is 0 Å². The highest BCUT2D eigenvalue weighted by atomic mass is 79.9. The molecule has 0 unspecified atom stereocenters. The third kappa shape index (κ3) is 3.00. The average molecular weight is 308 g/mol. The van der Waals surface area contributed by atoms with Crippen LogP contribution in [0.3, 0.4) is 0 Å². The van der Waals surface area contributed by atoms with Gasteiger partial charge in [-0.25, -0.2) is 0 Å². The van der Waals surface area contributed by atoms with Crippen molar-refractivity contribution in [2.75, 3.05) is 5.32 Å². The fourth-order valence-electron chi connectivity index (χ4n) is 1.42. The monoisotopic (exact) mass is 306 g/mol. The lowest BCUT2D eigenvalue weighted by Crippen LogP contribution is -1.90. The number of nitriles is 1. The van der Waals surface area contributed by atoms with Gasteiger partial charge in [0.15, 0.2) is 0 Å². The molecule has 0 fully saturated rings. The summed E-state index contributed by atoms with van der Waals surface area (Å²) in [4.78, 5) is 0. The van der Waals surface area contributed by atoms with Gasteiger partial charge in [0, 0.05) is 15.8 Å². The Hall–Kier alpha value is -1.50. The number of benzene rings is 2. The lowest BCUT2D eigenvalue weighted by Gasteiger charge is -2.07. The van der Waals surface area contributed by atoms with Crippen molar-refractivity contribution in [3.05, 3.63) is 57.5 Å². The zero-order chi connectivity index (χ0) is 12.3. The second kappa shape index (κ2) is 5.22. The summed E-state index contributed by atoms with van der Waals surface area (Å²) in [7, 11) is 0. The van der Waals surface area contributed by atoms with Crippen molar-refractivity contribution in [2.24, 2.45) is 0 Å². The first-order valence-electron chi connectivity index (χ1n) is 4.91. The lowest BCUT2D eigenvalue weighted by molar-refractivity contribution is 1.47. The summed E-state index contributed by atoms with van der Waals surface area (Å²) in [5, 5.41) is 12.4. The van der Waals surface area contributed by atoms with Crippen LogP contribution in [-0.2, 0) is 0 Å². The van der Waals surface area contributed by atoms with Crippen molar-refractivity contribution in [3.8, 4) is 6.07 Å². The van der Waals surface area contributed by atoms with Gasteiger partial charge in [0.2, 0.25) is 0 Å². The van der Waals surface area contributed by atoms with Gasteiger partial charge in [-0.05, 0) is 36.4 Å². The summed E-state index contributed by atoms with van der Waals surface area (Å²) in [6, 6.07) is 15.1. The Kier molecular flexibility index (Phi) is 3.68. The number of halogens is 2. The van der Waals surface area contributed by atoms with Crippen LogP contribution in [0.1, 0.15) is 5.56 Å². The molecule has 0 aromatic heterocycles. The van der Waals surface area contributed by atoms with E-state index < -0.39 is 0 Å². The molecule has 0 bridgehead atoms. The summed E-state index contributed by atoms with van der Waals surface area (Å²) in [5.74, 6) is 0. The van der Waals surface area contributed by atoms with Gasteiger partial charge >= 0.3 is 0 Å². The SMILES string of the molecule is N#Cc1ccc(Nc2cccc(Br)c2)cc1Cl. The van der Waals surface area contributed by atoms with E-state index in [1.807, 2.05) is 36.4 Å². The van der Waals surface area contributed by atoms with Crippen LogP contribution in [0.25, 0.3) is 0 Å². The number of rotatable bonds is 2. The number of hydrogen-bond donors (Lipinski definition) is 1. The fraction of sp³-hybridized carbons (Fsp3) is 0. The fourth-order valence-corrected chi connectivity index (χ4v) is 2.04. The summed E-state index contributed by atoms with van der Waals surface area (Å²) in [5.41, 5.74) is 2.29. The van der Waals surface area contributed by atoms with Crippen molar-refractivity contribution >= 4 is 38.9 Å². The van der Waals surface area contributed by atoms with E-state index in [2.05, 4.69) is 21.2 Å². The third-order valence-electron chi connectivity index (χ3n) is 2.20. The van der Waals surface area contributed by atoms with E-state index in [9.17, 15) is 0 Å². The van der Waals surface area contributed by atoms with Gasteiger partial charge in [0.05, 0.1) is 10.6 Å². The molecule has 0 spiro atoms. The molecule has 0 saturated carbocycles. The normalized spacial score (nSPS) is 9.71. The Labute approximate surface area is 113 Å². The topological polar surface area (TPSA) is 35.8 Å². The maximum Gasteiger partial charge on any atom is 0.101 e. The molecule has 84 valence electrons. The summed E-state index contributed by atoms with van der Waals surface area (Å²) in [6.07, 6.45) is 0. The second-order valence-corrected chi connectivity index (χ2v) is 4.76. The largest absolute Gasteiger partial charge is 0.355 e. The molecule has 17 heavy (non-hydrogen) atoms. The van der Waals surface area contributed by atoms with E-state index in [1.54, 1.807) is 12.1 Å². The molecule has 0 aliphatic rings. The highest BCUT2D eigenvalue weighted by molar-refractivity contribution is 9.10. The number of nitrogens with zero attached hydrogens (tertiary/aromatic N) is 1. The maximum absolute atomic E-state index is 8.77. The Bertz CT molecular complexity index is 590. The van der Waals surface area contributed by atoms with Crippen molar-refractivity contribution in [2.45, 2.75) is 0 Å². The van der Waals surface area contributed by atoms with Gasteiger partial charge in [-0.2, -0.15) is 5.26 Å². The molecule has 0 saturated heterocycles. The van der Waals surface area contributed by atoms with Crippen LogP contribution in [0, 0.1) is 11.3 Å². The molecule has 0 atom stereocenters. The van der Waals surface area contributed by atoms with Crippen molar-refractivity contribution in [1.29, 1.82) is 5.26 Å². The Morgan fingerprint density at radius 3 is 2.53 bits per heavy atom. The maximum atomic E-state index is 8.77. The van der Waals surface area contributed by atoms with Crippen molar-refractivity contribution in [1.82, 2.24) is 0 Å². The van der Waals surface area contributed by atoms with Gasteiger partial charge in [-0.3, -0.25) is 0 Å². The van der Waals surface area contributed by atoms with Crippen LogP contribution < -0.4 is 5.32 Å². The molecule has 0 aliphatic carbocycles. The summed E-state index contributed by atoms with van der Waals surface area (Å²) >= 11 is 9.36. The predicted molar refractivity (Wildman–Crippen MR) is 73.6 cm³/mol. The van der Waals surface area contributed by atoms with E-state index in [4.69, 9.17) is 16.9 Å². The molecule has 0 amide bonds. The molecule has 2 nitrogen and oxygen atoms in total. The van der Waals surface area contributed by atoms with Gasteiger partial charge in [-0.1, -0.05) is 33.6 Å². The lowest BCUT2D eigenvalue weighted by atomic mass is 10.2. The zero-order valence-corrected chi connectivity index (χ0v) is 11.1. The smallest absolute Gasteiger partial charge is 0.101 e. The molecule has 0 aliphatic heterocycles. The molecule has 0 heterocycles. The first-order valence-corrected chi connectivity index (χ1v) is 6.08. The molecular formula is C13H8BrClN2. The molecule has 2 aromatic rings. The molecule has 4 heteroatoms. The molecule has 1 N–H and O–H groups in total. The van der Waals surface area contributed by atoms with E-state index in [1.165, 1.54) is 0 Å². The Balaban J connectivity index is 2.25. The highest BCUT2D eigenvalue weighted by Crippen LogP contribution is 2.24. The van der Waals surface area contributed by atoms with Crippen LogP contribution in [0.4, 0.5) is 11.4 Å². The summed E-state index contributed by atoms with van der Waals surface area (Å²) < 4.78 is 1.00. The summed E-state index contributed by atoms with van der Waals surface area (Å²) in [6.45, 7) is 0. The molecule has 2 rings (SSSR count). The van der Waals surface area contributed by atoms with Crippen molar-refractivity contribution in [3.63, 3.8) is 0 Å². The predicted octanol–water partition coefficient (Wildman–Crippen LogP) is 4.72. The minimum atomic E-state index is 0.451. The third-order valence-corrected chi connectivity index (χ3v) is 3.01. The molecule has 0 radical (unpaired) electrons. The van der Waals surface area contributed by atoms with Crippen LogP contribution in [-0.4, -0.2) is 0 Å². The van der Waals surface area contributed by atoms with Gasteiger partial charge in [-0.15, -0.1) is 0 Å². The van der Waals surface area contributed by atoms with Crippen LogP contribution in [0.5, 0.6) is 0 Å². The zero-order valence-electron chi connectivity index (χ0n) is 8.74. The van der Waals surface area contributed by atoms with Crippen LogP contribution in [0.15, 0.2) is 46.9 Å². The molecular weight excluding hydrogens is 300 g/mol. The van der Waals surface area contributed by atoms with E-state index in [0.29, 0.717) is 10.6 Å². The first-order chi connectivity index (χ1) is 8.19. The quantitative estimate of drug-likeness (QED) is 0.871. The van der Waals surface area contributed by atoms with E-state index >= 15 is 0 Å². The van der Waals surface area contributed by atoms with E-state index in [0.717, 1.165) is 15.8 Å². The second-order valence-electron chi connectivity index (χ2n) is 3.44. The van der Waals surface area contributed by atoms with Gasteiger partial charge < -0.3 is 5.32 Å². The van der Waals surface area contributed by atoms with Gasteiger partial charge in [0.1, 0.15) is 6.07 Å². The Morgan fingerprint density at radius 1 is 1.12 bits per heavy atom. The average Bonchev–Trinajstić information content (AvgIpc) is 2.29. The molecule has 2 aromatic carbocycles. The Morgan fingerprint density at radius 2 is 1.88 bits per heavy atom. The highest BCUT2D eigenvalue weighted by Gasteiger charge is 2.01. The minimum absolute atomic E-state index is 0.451. The van der Waals surface area contributed by atoms with E-state index in [-0.39, 0.29) is 0 Å². The number of anilines is 2. The number of hydrogen-bond acceptors (Lipinski definition) is 2. The van der Waals surface area contributed by atoms with Crippen LogP contribution >= 0.6 is 27.5 Å². The first kappa shape index (κ1) is 12.0. The number of nitrogens with one attached hydrogen (secondary N) is 1. The van der Waals surface area contributed by atoms with Crippen molar-refractivity contribution < 1.29 is 0 Å². The van der Waals surface area contributed by atoms with Crippen LogP contribution in [0.2, 0.25) is 5.02 Å².